The van der Waals surface area contributed by atoms with Crippen LogP contribution in [0.25, 0.3) is 0 Å². The monoisotopic (exact) mass is 344 g/mol. The number of amides is 2. The molecule has 3 rings (SSSR count). The normalized spacial score (nSPS) is 14.9. The molecule has 1 aromatic carbocycles. The van der Waals surface area contributed by atoms with E-state index >= 15 is 0 Å². The second-order valence-electron chi connectivity index (χ2n) is 6.06. The molecule has 0 radical (unpaired) electrons. The van der Waals surface area contributed by atoms with Crippen LogP contribution in [0.1, 0.15) is 36.9 Å². The summed E-state index contributed by atoms with van der Waals surface area (Å²) in [6.07, 6.45) is 5.55. The third-order valence-corrected chi connectivity index (χ3v) is 4.38. The lowest BCUT2D eigenvalue weighted by Gasteiger charge is -2.15. The van der Waals surface area contributed by atoms with Crippen molar-refractivity contribution < 1.29 is 4.79 Å². The van der Waals surface area contributed by atoms with Crippen molar-refractivity contribution in [2.75, 3.05) is 5.32 Å². The number of benzene rings is 1. The molecule has 2 amide bonds. The SMILES string of the molecule is C[C@@H](NCc1ccncc1Cl)c1ccc(NC(=O)NC2CC2)cc1. The smallest absolute Gasteiger partial charge is 0.319 e. The third kappa shape index (κ3) is 4.69. The maximum absolute atomic E-state index is 11.7. The summed E-state index contributed by atoms with van der Waals surface area (Å²) in [5.41, 5.74) is 2.96. The Morgan fingerprint density at radius 3 is 2.71 bits per heavy atom. The number of hydrogen-bond acceptors (Lipinski definition) is 3. The number of carbonyl (C=O) groups is 1. The van der Waals surface area contributed by atoms with Crippen LogP contribution in [0, 0.1) is 0 Å². The van der Waals surface area contributed by atoms with Gasteiger partial charge in [0, 0.05) is 36.7 Å². The van der Waals surface area contributed by atoms with E-state index in [1.54, 1.807) is 12.4 Å². The largest absolute Gasteiger partial charge is 0.335 e. The van der Waals surface area contributed by atoms with Crippen molar-refractivity contribution in [3.05, 3.63) is 58.9 Å². The van der Waals surface area contributed by atoms with Gasteiger partial charge in [0.05, 0.1) is 5.02 Å². The molecule has 2 aromatic rings. The van der Waals surface area contributed by atoms with Crippen LogP contribution in [0.4, 0.5) is 10.5 Å². The summed E-state index contributed by atoms with van der Waals surface area (Å²) in [6, 6.07) is 10.2. The first-order valence-electron chi connectivity index (χ1n) is 8.11. The maximum atomic E-state index is 11.7. The minimum atomic E-state index is -0.135. The minimum absolute atomic E-state index is 0.135. The molecule has 1 heterocycles. The molecule has 6 heteroatoms. The van der Waals surface area contributed by atoms with Gasteiger partial charge in [-0.2, -0.15) is 0 Å². The van der Waals surface area contributed by atoms with Gasteiger partial charge in [-0.1, -0.05) is 23.7 Å². The molecular formula is C18H21ClN4O. The van der Waals surface area contributed by atoms with Gasteiger partial charge in [0.25, 0.3) is 0 Å². The average molecular weight is 345 g/mol. The third-order valence-electron chi connectivity index (χ3n) is 4.04. The summed E-state index contributed by atoms with van der Waals surface area (Å²) in [4.78, 5) is 15.7. The molecule has 0 aliphatic heterocycles. The van der Waals surface area contributed by atoms with Crippen LogP contribution in [-0.2, 0) is 6.54 Å². The molecule has 1 aliphatic carbocycles. The van der Waals surface area contributed by atoms with Gasteiger partial charge >= 0.3 is 6.03 Å². The molecule has 0 bridgehead atoms. The second-order valence-corrected chi connectivity index (χ2v) is 6.47. The highest BCUT2D eigenvalue weighted by atomic mass is 35.5. The molecule has 24 heavy (non-hydrogen) atoms. The second kappa shape index (κ2) is 7.64. The van der Waals surface area contributed by atoms with E-state index in [1.807, 2.05) is 30.3 Å². The lowest BCUT2D eigenvalue weighted by Crippen LogP contribution is -2.30. The van der Waals surface area contributed by atoms with Crippen molar-refractivity contribution in [2.45, 2.75) is 38.4 Å². The highest BCUT2D eigenvalue weighted by Gasteiger charge is 2.23. The first-order valence-corrected chi connectivity index (χ1v) is 8.49. The fraction of sp³-hybridized carbons (Fsp3) is 0.333. The van der Waals surface area contributed by atoms with Gasteiger partial charge in [0.2, 0.25) is 0 Å². The van der Waals surface area contributed by atoms with Crippen LogP contribution in [-0.4, -0.2) is 17.1 Å². The zero-order chi connectivity index (χ0) is 16.9. The molecule has 5 nitrogen and oxygen atoms in total. The van der Waals surface area contributed by atoms with Crippen LogP contribution < -0.4 is 16.0 Å². The van der Waals surface area contributed by atoms with E-state index in [0.717, 1.165) is 29.7 Å². The van der Waals surface area contributed by atoms with E-state index in [9.17, 15) is 4.79 Å². The van der Waals surface area contributed by atoms with Gasteiger partial charge in [-0.3, -0.25) is 4.98 Å². The zero-order valence-corrected chi connectivity index (χ0v) is 14.3. The summed E-state index contributed by atoms with van der Waals surface area (Å²) in [7, 11) is 0. The van der Waals surface area contributed by atoms with E-state index in [1.165, 1.54) is 0 Å². The predicted molar refractivity (Wildman–Crippen MR) is 96.1 cm³/mol. The van der Waals surface area contributed by atoms with Crippen molar-refractivity contribution in [1.29, 1.82) is 0 Å². The minimum Gasteiger partial charge on any atom is -0.335 e. The van der Waals surface area contributed by atoms with Gasteiger partial charge in [-0.25, -0.2) is 4.79 Å². The van der Waals surface area contributed by atoms with Crippen LogP contribution in [0.15, 0.2) is 42.7 Å². The van der Waals surface area contributed by atoms with E-state index in [4.69, 9.17) is 11.6 Å². The van der Waals surface area contributed by atoms with Crippen LogP contribution in [0.5, 0.6) is 0 Å². The van der Waals surface area contributed by atoms with Crippen molar-refractivity contribution in [3.63, 3.8) is 0 Å². The molecule has 1 aromatic heterocycles. The molecule has 126 valence electrons. The van der Waals surface area contributed by atoms with E-state index < -0.39 is 0 Å². The summed E-state index contributed by atoms with van der Waals surface area (Å²) in [5, 5.41) is 9.86. The van der Waals surface area contributed by atoms with E-state index in [0.29, 0.717) is 17.6 Å². The highest BCUT2D eigenvalue weighted by Crippen LogP contribution is 2.20. The number of pyridine rings is 1. The lowest BCUT2D eigenvalue weighted by molar-refractivity contribution is 0.251. The molecule has 0 unspecified atom stereocenters. The number of carbonyl (C=O) groups excluding carboxylic acids is 1. The molecule has 0 spiro atoms. The Balaban J connectivity index is 1.52. The Bertz CT molecular complexity index is 700. The molecule has 0 saturated heterocycles. The van der Waals surface area contributed by atoms with Gasteiger partial charge in [-0.15, -0.1) is 0 Å². The Morgan fingerprint density at radius 1 is 1.29 bits per heavy atom. The van der Waals surface area contributed by atoms with Crippen molar-refractivity contribution in [1.82, 2.24) is 15.6 Å². The van der Waals surface area contributed by atoms with E-state index in [2.05, 4.69) is 27.9 Å². The number of nitrogens with zero attached hydrogens (tertiary/aromatic N) is 1. The zero-order valence-electron chi connectivity index (χ0n) is 13.6. The fourth-order valence-electron chi connectivity index (χ4n) is 2.36. The van der Waals surface area contributed by atoms with Crippen molar-refractivity contribution in [3.8, 4) is 0 Å². The number of anilines is 1. The van der Waals surface area contributed by atoms with Crippen LogP contribution >= 0.6 is 11.6 Å². The first kappa shape index (κ1) is 16.7. The first-order chi connectivity index (χ1) is 11.6. The molecule has 3 N–H and O–H groups in total. The highest BCUT2D eigenvalue weighted by molar-refractivity contribution is 6.31. The summed E-state index contributed by atoms with van der Waals surface area (Å²) in [5.74, 6) is 0. The number of urea groups is 1. The van der Waals surface area contributed by atoms with Gasteiger partial charge in [0.15, 0.2) is 0 Å². The summed E-state index contributed by atoms with van der Waals surface area (Å²) in [6.45, 7) is 2.77. The Morgan fingerprint density at radius 2 is 2.04 bits per heavy atom. The molecule has 1 atom stereocenters. The quantitative estimate of drug-likeness (QED) is 0.745. The number of halogens is 1. The van der Waals surface area contributed by atoms with Crippen LogP contribution in [0.3, 0.4) is 0 Å². The van der Waals surface area contributed by atoms with Gasteiger partial charge in [-0.05, 0) is 49.1 Å². The number of rotatable bonds is 6. The molecular weight excluding hydrogens is 324 g/mol. The van der Waals surface area contributed by atoms with Crippen molar-refractivity contribution in [2.24, 2.45) is 0 Å². The Kier molecular flexibility index (Phi) is 5.33. The van der Waals surface area contributed by atoms with Crippen LogP contribution in [0.2, 0.25) is 5.02 Å². The maximum Gasteiger partial charge on any atom is 0.319 e. The van der Waals surface area contributed by atoms with Crippen molar-refractivity contribution >= 4 is 23.3 Å². The Hall–Kier alpha value is -2.11. The van der Waals surface area contributed by atoms with Gasteiger partial charge < -0.3 is 16.0 Å². The topological polar surface area (TPSA) is 66.0 Å². The van der Waals surface area contributed by atoms with E-state index in [-0.39, 0.29) is 12.1 Å². The summed E-state index contributed by atoms with van der Waals surface area (Å²) < 4.78 is 0. The van der Waals surface area contributed by atoms with Gasteiger partial charge in [0.1, 0.15) is 0 Å². The number of nitrogens with one attached hydrogen (secondary N) is 3. The lowest BCUT2D eigenvalue weighted by atomic mass is 10.1. The molecule has 1 fully saturated rings. The average Bonchev–Trinajstić information content (AvgIpc) is 3.38. The molecule has 1 aliphatic rings. The fourth-order valence-corrected chi connectivity index (χ4v) is 2.55. The Labute approximate surface area is 146 Å². The number of hydrogen-bond donors (Lipinski definition) is 3. The molecule has 1 saturated carbocycles. The standard InChI is InChI=1S/C18H21ClN4O/c1-12(21-10-14-8-9-20-11-17(14)19)13-2-4-15(5-3-13)22-18(24)23-16-6-7-16/h2-5,8-9,11-12,16,21H,6-7,10H2,1H3,(H2,22,23,24)/t12-/m1/s1. The summed E-state index contributed by atoms with van der Waals surface area (Å²) >= 11 is 6.11. The predicted octanol–water partition coefficient (Wildman–Crippen LogP) is 3.87. The number of aromatic nitrogens is 1.